The first-order valence-corrected chi connectivity index (χ1v) is 11.8. The van der Waals surface area contributed by atoms with E-state index in [4.69, 9.17) is 9.47 Å². The minimum Gasteiger partial charge on any atom is -0.504 e. The van der Waals surface area contributed by atoms with Crippen molar-refractivity contribution in [3.05, 3.63) is 35.4 Å². The van der Waals surface area contributed by atoms with Gasteiger partial charge in [0.25, 0.3) is 0 Å². The van der Waals surface area contributed by atoms with Gasteiger partial charge >= 0.3 is 5.97 Å². The quantitative estimate of drug-likeness (QED) is 0.565. The topological polar surface area (TPSA) is 59.0 Å². The van der Waals surface area contributed by atoms with Gasteiger partial charge in [-0.2, -0.15) is 0 Å². The first kappa shape index (κ1) is 20.9. The second-order valence-electron chi connectivity index (χ2n) is 10.5. The van der Waals surface area contributed by atoms with Gasteiger partial charge in [-0.05, 0) is 80.0 Å². The number of benzene rings is 1. The van der Waals surface area contributed by atoms with Gasteiger partial charge in [-0.1, -0.05) is 19.1 Å². The number of methoxy groups -OCH3 is 1. The standard InChI is InChI=1S/C26H35NO4/c1-15-6-5-8-26(3)13-24-19(11-21(15)26)20(25(29)31-24)14-27-9-7-17-10-22(28)23(30-4)12-18(17)16(27)2/h10,12,16,19-21,24,28H,1,5-9,11,13-14H2,2-4H3/t16-,19+,20?,21?,24+,26+/m0/s1. The molecule has 0 aromatic heterocycles. The molecule has 2 aliphatic heterocycles. The molecule has 2 saturated carbocycles. The third-order valence-electron chi connectivity index (χ3n) is 8.86. The zero-order valence-electron chi connectivity index (χ0n) is 19.0. The van der Waals surface area contributed by atoms with Crippen molar-refractivity contribution in [1.82, 2.24) is 4.90 Å². The van der Waals surface area contributed by atoms with Crippen LogP contribution in [0.15, 0.2) is 24.3 Å². The van der Waals surface area contributed by atoms with Gasteiger partial charge in [0, 0.05) is 25.0 Å². The Hall–Kier alpha value is -2.01. The fraction of sp³-hybridized carbons (Fsp3) is 0.654. The molecule has 0 radical (unpaired) electrons. The van der Waals surface area contributed by atoms with Crippen LogP contribution in [0.25, 0.3) is 0 Å². The average molecular weight is 426 g/mol. The minimum absolute atomic E-state index is 0.0101. The number of hydrogen-bond acceptors (Lipinski definition) is 5. The summed E-state index contributed by atoms with van der Waals surface area (Å²) in [6.45, 7) is 10.6. The molecule has 31 heavy (non-hydrogen) atoms. The van der Waals surface area contributed by atoms with Gasteiger partial charge in [-0.25, -0.2) is 0 Å². The lowest BCUT2D eigenvalue weighted by Crippen LogP contribution is -2.46. The van der Waals surface area contributed by atoms with Gasteiger partial charge in [0.05, 0.1) is 13.0 Å². The Kier molecular flexibility index (Phi) is 5.08. The Balaban J connectivity index is 1.36. The molecular formula is C26H35NO4. The zero-order chi connectivity index (χ0) is 21.9. The van der Waals surface area contributed by atoms with Crippen LogP contribution in [0.5, 0.6) is 11.5 Å². The SMILES string of the molecule is C=C1CCC[C@]2(C)C[C@H]3OC(=O)C(CN4CCc5cc(O)c(OC)cc5[C@@H]4C)[C@H]3CC12. The Labute approximate surface area is 185 Å². The smallest absolute Gasteiger partial charge is 0.310 e. The molecule has 5 rings (SSSR count). The summed E-state index contributed by atoms with van der Waals surface area (Å²) in [5, 5.41) is 10.1. The summed E-state index contributed by atoms with van der Waals surface area (Å²) in [5.41, 5.74) is 3.97. The lowest BCUT2D eigenvalue weighted by atomic mass is 9.55. The van der Waals surface area contributed by atoms with Crippen LogP contribution in [0.2, 0.25) is 0 Å². The molecule has 2 aliphatic carbocycles. The number of fused-ring (bicyclic) bond motifs is 3. The van der Waals surface area contributed by atoms with E-state index in [1.165, 1.54) is 29.5 Å². The Morgan fingerprint density at radius 1 is 1.35 bits per heavy atom. The molecular weight excluding hydrogens is 390 g/mol. The predicted molar refractivity (Wildman–Crippen MR) is 119 cm³/mol. The summed E-state index contributed by atoms with van der Waals surface area (Å²) < 4.78 is 11.3. The number of phenolic OH excluding ortho intramolecular Hbond substituents is 1. The fourth-order valence-electron chi connectivity index (χ4n) is 7.02. The van der Waals surface area contributed by atoms with E-state index in [-0.39, 0.29) is 35.2 Å². The van der Waals surface area contributed by atoms with Crippen LogP contribution in [-0.2, 0) is 16.0 Å². The van der Waals surface area contributed by atoms with Crippen LogP contribution in [-0.4, -0.2) is 42.3 Å². The fourth-order valence-corrected chi connectivity index (χ4v) is 7.02. The predicted octanol–water partition coefficient (Wildman–Crippen LogP) is 4.63. The van der Waals surface area contributed by atoms with Gasteiger partial charge < -0.3 is 14.6 Å². The van der Waals surface area contributed by atoms with Crippen LogP contribution in [0.1, 0.15) is 63.1 Å². The number of ether oxygens (including phenoxy) is 2. The van der Waals surface area contributed by atoms with Crippen molar-refractivity contribution in [2.75, 3.05) is 20.2 Å². The van der Waals surface area contributed by atoms with Crippen molar-refractivity contribution in [3.8, 4) is 11.5 Å². The monoisotopic (exact) mass is 425 g/mol. The third kappa shape index (κ3) is 3.36. The van der Waals surface area contributed by atoms with Crippen LogP contribution in [0.3, 0.4) is 0 Å². The second kappa shape index (κ2) is 7.54. The maximum Gasteiger partial charge on any atom is 0.310 e. The summed E-state index contributed by atoms with van der Waals surface area (Å²) in [6, 6.07) is 3.96. The molecule has 5 nitrogen and oxygen atoms in total. The van der Waals surface area contributed by atoms with Crippen molar-refractivity contribution in [2.24, 2.45) is 23.2 Å². The van der Waals surface area contributed by atoms with Crippen molar-refractivity contribution in [1.29, 1.82) is 0 Å². The van der Waals surface area contributed by atoms with Gasteiger partial charge in [-0.15, -0.1) is 0 Å². The first-order valence-electron chi connectivity index (χ1n) is 11.8. The molecule has 0 amide bonds. The van der Waals surface area contributed by atoms with Crippen molar-refractivity contribution in [3.63, 3.8) is 0 Å². The number of rotatable bonds is 3. The van der Waals surface area contributed by atoms with Gasteiger partial charge in [0.1, 0.15) is 6.10 Å². The van der Waals surface area contributed by atoms with Crippen LogP contribution in [0.4, 0.5) is 0 Å². The summed E-state index contributed by atoms with van der Waals surface area (Å²) >= 11 is 0. The molecule has 1 aromatic carbocycles. The number of allylic oxidation sites excluding steroid dienone is 1. The average Bonchev–Trinajstić information content (AvgIpc) is 3.02. The number of esters is 1. The molecule has 1 saturated heterocycles. The number of carbonyl (C=O) groups excluding carboxylic acids is 1. The number of hydrogen-bond donors (Lipinski definition) is 1. The van der Waals surface area contributed by atoms with E-state index in [9.17, 15) is 9.90 Å². The van der Waals surface area contributed by atoms with Crippen LogP contribution < -0.4 is 4.74 Å². The van der Waals surface area contributed by atoms with E-state index in [0.29, 0.717) is 17.6 Å². The molecule has 2 heterocycles. The van der Waals surface area contributed by atoms with Crippen molar-refractivity contribution < 1.29 is 19.4 Å². The molecule has 1 aromatic rings. The number of aromatic hydroxyl groups is 1. The summed E-state index contributed by atoms with van der Waals surface area (Å²) in [5.74, 6) is 1.45. The highest BCUT2D eigenvalue weighted by Crippen LogP contribution is 2.57. The molecule has 0 spiro atoms. The van der Waals surface area contributed by atoms with E-state index in [2.05, 4.69) is 25.3 Å². The molecule has 168 valence electrons. The highest BCUT2D eigenvalue weighted by atomic mass is 16.6. The molecule has 2 unspecified atom stereocenters. The van der Waals surface area contributed by atoms with Crippen molar-refractivity contribution >= 4 is 5.97 Å². The summed E-state index contributed by atoms with van der Waals surface area (Å²) in [4.78, 5) is 15.4. The normalized spacial score (nSPS) is 37.6. The lowest BCUT2D eigenvalue weighted by molar-refractivity contribution is -0.146. The Morgan fingerprint density at radius 3 is 2.94 bits per heavy atom. The van der Waals surface area contributed by atoms with E-state index in [1.807, 2.05) is 12.1 Å². The van der Waals surface area contributed by atoms with Gasteiger partial charge in [-0.3, -0.25) is 9.69 Å². The number of carbonyl (C=O) groups is 1. The third-order valence-corrected chi connectivity index (χ3v) is 8.86. The van der Waals surface area contributed by atoms with Gasteiger partial charge in [0.2, 0.25) is 0 Å². The first-order chi connectivity index (χ1) is 14.8. The van der Waals surface area contributed by atoms with E-state index >= 15 is 0 Å². The zero-order valence-corrected chi connectivity index (χ0v) is 19.0. The Morgan fingerprint density at radius 2 is 2.16 bits per heavy atom. The maximum atomic E-state index is 13.0. The second-order valence-corrected chi connectivity index (χ2v) is 10.5. The van der Waals surface area contributed by atoms with Crippen LogP contribution >= 0.6 is 0 Å². The van der Waals surface area contributed by atoms with E-state index in [1.54, 1.807) is 7.11 Å². The van der Waals surface area contributed by atoms with Crippen LogP contribution in [0, 0.1) is 23.2 Å². The lowest BCUT2D eigenvalue weighted by Gasteiger charge is -2.50. The molecule has 1 N–H and O–H groups in total. The molecule has 3 fully saturated rings. The van der Waals surface area contributed by atoms with E-state index in [0.717, 1.165) is 38.8 Å². The van der Waals surface area contributed by atoms with Crippen molar-refractivity contribution in [2.45, 2.75) is 64.5 Å². The molecule has 4 aliphatic rings. The number of phenols is 1. The highest BCUT2D eigenvalue weighted by molar-refractivity contribution is 5.75. The Bertz CT molecular complexity index is 911. The van der Waals surface area contributed by atoms with Gasteiger partial charge in [0.15, 0.2) is 11.5 Å². The molecule has 6 atom stereocenters. The maximum absolute atomic E-state index is 13.0. The molecule has 5 heteroatoms. The number of nitrogens with zero attached hydrogens (tertiary/aromatic N) is 1. The summed E-state index contributed by atoms with van der Waals surface area (Å²) in [6.07, 6.45) is 6.52. The van der Waals surface area contributed by atoms with E-state index < -0.39 is 0 Å². The molecule has 0 bridgehead atoms. The minimum atomic E-state index is -0.0627. The highest BCUT2D eigenvalue weighted by Gasteiger charge is 2.55. The largest absolute Gasteiger partial charge is 0.504 e. The summed E-state index contributed by atoms with van der Waals surface area (Å²) in [7, 11) is 1.58.